The Hall–Kier alpha value is -1.76. The van der Waals surface area contributed by atoms with E-state index in [1.165, 1.54) is 13.0 Å². The number of benzene rings is 2. The molecule has 5 nitrogen and oxygen atoms in total. The molecule has 0 aliphatic carbocycles. The van der Waals surface area contributed by atoms with Crippen molar-refractivity contribution in [1.29, 1.82) is 0 Å². The average Bonchev–Trinajstić information content (AvgIpc) is 2.54. The number of carbonyl (C=O) groups is 1. The highest BCUT2D eigenvalue weighted by atomic mass is 35.5. The van der Waals surface area contributed by atoms with Crippen LogP contribution in [-0.4, -0.2) is 26.6 Å². The summed E-state index contributed by atoms with van der Waals surface area (Å²) in [5.74, 6) is -0.475. The van der Waals surface area contributed by atoms with Gasteiger partial charge in [0.2, 0.25) is 15.9 Å². The Morgan fingerprint density at radius 3 is 2.35 bits per heavy atom. The molecule has 0 bridgehead atoms. The molecule has 2 aromatic rings. The van der Waals surface area contributed by atoms with E-state index in [1.54, 1.807) is 37.3 Å². The van der Waals surface area contributed by atoms with Crippen LogP contribution in [0.5, 0.6) is 0 Å². The van der Waals surface area contributed by atoms with Crippen molar-refractivity contribution in [2.75, 3.05) is 15.9 Å². The zero-order chi connectivity index (χ0) is 19.6. The predicted molar refractivity (Wildman–Crippen MR) is 108 cm³/mol. The Balaban J connectivity index is 2.37. The molecule has 1 atom stereocenters. The van der Waals surface area contributed by atoms with Gasteiger partial charge in [-0.15, -0.1) is 0 Å². The van der Waals surface area contributed by atoms with Crippen LogP contribution in [0.15, 0.2) is 36.4 Å². The first-order chi connectivity index (χ1) is 12.0. The molecule has 0 aliphatic heterocycles. The van der Waals surface area contributed by atoms with E-state index in [0.717, 1.165) is 16.1 Å². The lowest BCUT2D eigenvalue weighted by Gasteiger charge is -2.28. The summed E-state index contributed by atoms with van der Waals surface area (Å²) in [6.07, 6.45) is 1.05. The van der Waals surface area contributed by atoms with Crippen molar-refractivity contribution in [3.05, 3.63) is 57.6 Å². The van der Waals surface area contributed by atoms with Gasteiger partial charge in [-0.2, -0.15) is 0 Å². The van der Waals surface area contributed by atoms with E-state index in [-0.39, 0.29) is 0 Å². The topological polar surface area (TPSA) is 66.5 Å². The molecule has 8 heteroatoms. The van der Waals surface area contributed by atoms with Crippen molar-refractivity contribution < 1.29 is 13.2 Å². The second-order valence-electron chi connectivity index (χ2n) is 6.07. The van der Waals surface area contributed by atoms with Crippen molar-refractivity contribution in [3.63, 3.8) is 0 Å². The Labute approximate surface area is 164 Å². The highest BCUT2D eigenvalue weighted by molar-refractivity contribution is 7.92. The molecular formula is C18H20Cl2N2O3S. The SMILES string of the molecule is Cc1ccc(N([C@H](C)C(=O)Nc2cccc(Cl)c2C)S(C)(=O)=O)cc1Cl. The number of anilines is 2. The monoisotopic (exact) mass is 414 g/mol. The van der Waals surface area contributed by atoms with Gasteiger partial charge in [-0.05, 0) is 56.2 Å². The number of hydrogen-bond acceptors (Lipinski definition) is 3. The molecule has 1 amide bonds. The van der Waals surface area contributed by atoms with Gasteiger partial charge in [-0.3, -0.25) is 9.10 Å². The maximum Gasteiger partial charge on any atom is 0.248 e. The predicted octanol–water partition coefficient (Wildman–Crippen LogP) is 4.40. The van der Waals surface area contributed by atoms with Crippen molar-refractivity contribution in [3.8, 4) is 0 Å². The molecule has 0 heterocycles. The van der Waals surface area contributed by atoms with E-state index in [1.807, 2.05) is 6.92 Å². The van der Waals surface area contributed by atoms with E-state index in [9.17, 15) is 13.2 Å². The van der Waals surface area contributed by atoms with Crippen LogP contribution >= 0.6 is 23.2 Å². The van der Waals surface area contributed by atoms with Crippen LogP contribution in [0.2, 0.25) is 10.0 Å². The molecule has 26 heavy (non-hydrogen) atoms. The highest BCUT2D eigenvalue weighted by Gasteiger charge is 2.29. The van der Waals surface area contributed by atoms with Crippen LogP contribution in [-0.2, 0) is 14.8 Å². The third-order valence-corrected chi connectivity index (χ3v) is 6.08. The average molecular weight is 415 g/mol. The Bertz CT molecular complexity index is 945. The molecule has 2 rings (SSSR count). The smallest absolute Gasteiger partial charge is 0.248 e. The summed E-state index contributed by atoms with van der Waals surface area (Å²) in [5.41, 5.74) is 2.38. The molecule has 0 saturated carbocycles. The van der Waals surface area contributed by atoms with Gasteiger partial charge in [0.05, 0.1) is 11.9 Å². The standard InChI is InChI=1S/C18H20Cl2N2O3S/c1-11-8-9-14(10-16(11)20)22(26(4,24)25)13(3)18(23)21-17-7-5-6-15(19)12(17)2/h5-10,13H,1-4H3,(H,21,23)/t13-/m1/s1. The number of hydrogen-bond donors (Lipinski definition) is 1. The number of halogens is 2. The lowest BCUT2D eigenvalue weighted by atomic mass is 10.1. The Kier molecular flexibility index (Phi) is 6.21. The number of carbonyl (C=O) groups excluding carboxylic acids is 1. The van der Waals surface area contributed by atoms with E-state index in [4.69, 9.17) is 23.2 Å². The van der Waals surface area contributed by atoms with E-state index in [0.29, 0.717) is 27.0 Å². The van der Waals surface area contributed by atoms with Crippen LogP contribution in [0.1, 0.15) is 18.1 Å². The van der Waals surface area contributed by atoms with Crippen LogP contribution < -0.4 is 9.62 Å². The van der Waals surface area contributed by atoms with Crippen molar-refractivity contribution in [2.24, 2.45) is 0 Å². The van der Waals surface area contributed by atoms with Gasteiger partial charge < -0.3 is 5.32 Å². The zero-order valence-corrected chi connectivity index (χ0v) is 17.2. The van der Waals surface area contributed by atoms with Gasteiger partial charge in [0.25, 0.3) is 0 Å². The fourth-order valence-corrected chi connectivity index (χ4v) is 4.02. The second-order valence-corrected chi connectivity index (χ2v) is 8.74. The van der Waals surface area contributed by atoms with Gasteiger partial charge >= 0.3 is 0 Å². The summed E-state index contributed by atoms with van der Waals surface area (Å²) in [7, 11) is -3.71. The van der Waals surface area contributed by atoms with Crippen LogP contribution in [0.25, 0.3) is 0 Å². The second kappa shape index (κ2) is 7.86. The quantitative estimate of drug-likeness (QED) is 0.787. The lowest BCUT2D eigenvalue weighted by Crippen LogP contribution is -2.45. The van der Waals surface area contributed by atoms with Crippen molar-refractivity contribution in [2.45, 2.75) is 26.8 Å². The Morgan fingerprint density at radius 1 is 1.12 bits per heavy atom. The number of rotatable bonds is 5. The zero-order valence-electron chi connectivity index (χ0n) is 14.9. The summed E-state index contributed by atoms with van der Waals surface area (Å²) in [5, 5.41) is 3.68. The number of nitrogens with zero attached hydrogens (tertiary/aromatic N) is 1. The molecule has 0 fully saturated rings. The summed E-state index contributed by atoms with van der Waals surface area (Å²) in [6.45, 7) is 5.11. The fraction of sp³-hybridized carbons (Fsp3) is 0.278. The van der Waals surface area contributed by atoms with Crippen LogP contribution in [0, 0.1) is 13.8 Å². The third kappa shape index (κ3) is 4.50. The highest BCUT2D eigenvalue weighted by Crippen LogP contribution is 2.28. The van der Waals surface area contributed by atoms with Crippen LogP contribution in [0.4, 0.5) is 11.4 Å². The van der Waals surface area contributed by atoms with Crippen molar-refractivity contribution >= 4 is 50.5 Å². The van der Waals surface area contributed by atoms with Gasteiger partial charge in [-0.25, -0.2) is 8.42 Å². The number of nitrogens with one attached hydrogen (secondary N) is 1. The summed E-state index contributed by atoms with van der Waals surface area (Å²) < 4.78 is 25.7. The van der Waals surface area contributed by atoms with Gasteiger partial charge in [0, 0.05) is 15.7 Å². The molecule has 0 aliphatic rings. The third-order valence-electron chi connectivity index (χ3n) is 4.02. The maximum absolute atomic E-state index is 12.7. The van der Waals surface area contributed by atoms with Gasteiger partial charge in [0.15, 0.2) is 0 Å². The lowest BCUT2D eigenvalue weighted by molar-refractivity contribution is -0.116. The molecule has 0 radical (unpaired) electrons. The first kappa shape index (κ1) is 20.6. The first-order valence-electron chi connectivity index (χ1n) is 7.84. The summed E-state index contributed by atoms with van der Waals surface area (Å²) in [4.78, 5) is 12.7. The summed E-state index contributed by atoms with van der Waals surface area (Å²) in [6, 6.07) is 9.02. The van der Waals surface area contributed by atoms with Crippen LogP contribution in [0.3, 0.4) is 0 Å². The number of sulfonamides is 1. The molecule has 0 saturated heterocycles. The molecule has 0 unspecified atom stereocenters. The largest absolute Gasteiger partial charge is 0.324 e. The van der Waals surface area contributed by atoms with E-state index >= 15 is 0 Å². The minimum Gasteiger partial charge on any atom is -0.324 e. The summed E-state index contributed by atoms with van der Waals surface area (Å²) >= 11 is 12.2. The van der Waals surface area contributed by atoms with Gasteiger partial charge in [0.1, 0.15) is 6.04 Å². The molecular weight excluding hydrogens is 395 g/mol. The number of amides is 1. The maximum atomic E-state index is 12.7. The molecule has 140 valence electrons. The normalized spacial score (nSPS) is 12.5. The minimum absolute atomic E-state index is 0.327. The first-order valence-corrected chi connectivity index (χ1v) is 10.4. The molecule has 0 spiro atoms. The fourth-order valence-electron chi connectivity index (χ4n) is 2.51. The van der Waals surface area contributed by atoms with E-state index in [2.05, 4.69) is 5.32 Å². The van der Waals surface area contributed by atoms with Crippen molar-refractivity contribution in [1.82, 2.24) is 0 Å². The molecule has 1 N–H and O–H groups in total. The minimum atomic E-state index is -3.71. The molecule has 2 aromatic carbocycles. The van der Waals surface area contributed by atoms with E-state index < -0.39 is 22.0 Å². The van der Waals surface area contributed by atoms with Gasteiger partial charge in [-0.1, -0.05) is 35.3 Å². The Morgan fingerprint density at radius 2 is 1.77 bits per heavy atom. The molecule has 0 aromatic heterocycles. The number of aryl methyl sites for hydroxylation is 1.